The normalized spacial score (nSPS) is 21.6. The summed E-state index contributed by atoms with van der Waals surface area (Å²) in [6.45, 7) is 2.26. The highest BCUT2D eigenvalue weighted by Gasteiger charge is 2.32. The quantitative estimate of drug-likeness (QED) is 0.553. The Morgan fingerprint density at radius 2 is 1.92 bits per heavy atom. The van der Waals surface area contributed by atoms with Crippen LogP contribution in [0, 0.1) is 0 Å². The van der Waals surface area contributed by atoms with E-state index in [-0.39, 0.29) is 18.1 Å². The Balaban J connectivity index is 1.96. The number of hydrogen-bond donors (Lipinski definition) is 2. The first-order chi connectivity index (χ1) is 12.0. The van der Waals surface area contributed by atoms with Crippen molar-refractivity contribution in [2.24, 2.45) is 4.99 Å². The highest BCUT2D eigenvalue weighted by atomic mass is 16.5. The first kappa shape index (κ1) is 20.0. The summed E-state index contributed by atoms with van der Waals surface area (Å²) in [6.07, 6.45) is 7.86. The van der Waals surface area contributed by atoms with Gasteiger partial charge in [-0.1, -0.05) is 19.3 Å². The third-order valence-corrected chi connectivity index (χ3v) is 5.23. The van der Waals surface area contributed by atoms with Crippen molar-refractivity contribution in [1.29, 1.82) is 0 Å². The Morgan fingerprint density at radius 1 is 1.24 bits per heavy atom. The largest absolute Gasteiger partial charge is 0.381 e. The number of guanidine groups is 1. The summed E-state index contributed by atoms with van der Waals surface area (Å²) in [7, 11) is 5.26. The fourth-order valence-electron chi connectivity index (χ4n) is 3.32. The Labute approximate surface area is 151 Å². The molecule has 1 heterocycles. The van der Waals surface area contributed by atoms with Crippen LogP contribution < -0.4 is 10.6 Å². The number of nitrogens with zero attached hydrogens (tertiary/aromatic N) is 2. The first-order valence-electron chi connectivity index (χ1n) is 9.42. The van der Waals surface area contributed by atoms with E-state index in [0.29, 0.717) is 18.5 Å². The minimum Gasteiger partial charge on any atom is -0.381 e. The van der Waals surface area contributed by atoms with Gasteiger partial charge in [-0.25, -0.2) is 4.99 Å². The molecule has 1 saturated heterocycles. The van der Waals surface area contributed by atoms with Crippen LogP contribution in [0.3, 0.4) is 0 Å². The van der Waals surface area contributed by atoms with Crippen molar-refractivity contribution in [3.05, 3.63) is 0 Å². The van der Waals surface area contributed by atoms with Crippen LogP contribution in [0.5, 0.6) is 0 Å². The average molecular weight is 354 g/mol. The van der Waals surface area contributed by atoms with E-state index in [1.807, 2.05) is 0 Å². The van der Waals surface area contributed by atoms with Crippen LogP contribution in [-0.4, -0.2) is 75.9 Å². The highest BCUT2D eigenvalue weighted by molar-refractivity contribution is 5.85. The van der Waals surface area contributed by atoms with Gasteiger partial charge < -0.3 is 25.0 Å². The number of methoxy groups -OCH3 is 1. The van der Waals surface area contributed by atoms with Crippen LogP contribution in [-0.2, 0) is 14.3 Å². The number of amides is 1. The van der Waals surface area contributed by atoms with Crippen LogP contribution in [0.4, 0.5) is 0 Å². The van der Waals surface area contributed by atoms with Crippen molar-refractivity contribution >= 4 is 11.9 Å². The molecule has 1 amide bonds. The second-order valence-corrected chi connectivity index (χ2v) is 7.29. The molecular formula is C18H34N4O3. The van der Waals surface area contributed by atoms with Gasteiger partial charge in [0.05, 0.1) is 5.60 Å². The molecule has 2 N–H and O–H groups in total. The SMILES string of the molecule is COC1(CNC(=NCC(=O)N(C)C)NC2CCCCC2)CCOCC1. The van der Waals surface area contributed by atoms with Gasteiger partial charge in [-0.15, -0.1) is 0 Å². The van der Waals surface area contributed by atoms with Gasteiger partial charge >= 0.3 is 0 Å². The van der Waals surface area contributed by atoms with E-state index in [2.05, 4.69) is 15.6 Å². The number of carbonyl (C=O) groups excluding carboxylic acids is 1. The van der Waals surface area contributed by atoms with Crippen molar-refractivity contribution < 1.29 is 14.3 Å². The predicted molar refractivity (Wildman–Crippen MR) is 98.8 cm³/mol. The molecule has 25 heavy (non-hydrogen) atoms. The second-order valence-electron chi connectivity index (χ2n) is 7.29. The molecule has 7 nitrogen and oxygen atoms in total. The summed E-state index contributed by atoms with van der Waals surface area (Å²) in [5.41, 5.74) is -0.223. The molecule has 1 aliphatic carbocycles. The molecule has 0 spiro atoms. The lowest BCUT2D eigenvalue weighted by Gasteiger charge is -2.36. The summed E-state index contributed by atoms with van der Waals surface area (Å²) < 4.78 is 11.2. The van der Waals surface area contributed by atoms with E-state index in [1.165, 1.54) is 19.3 Å². The van der Waals surface area contributed by atoms with Gasteiger partial charge in [0.25, 0.3) is 0 Å². The van der Waals surface area contributed by atoms with Gasteiger partial charge in [0.2, 0.25) is 5.91 Å². The zero-order valence-electron chi connectivity index (χ0n) is 16.0. The third-order valence-electron chi connectivity index (χ3n) is 5.23. The molecule has 0 unspecified atom stereocenters. The lowest BCUT2D eigenvalue weighted by atomic mass is 9.94. The number of nitrogens with one attached hydrogen (secondary N) is 2. The van der Waals surface area contributed by atoms with Gasteiger partial charge in [0.15, 0.2) is 5.96 Å². The Morgan fingerprint density at radius 3 is 2.52 bits per heavy atom. The molecule has 144 valence electrons. The predicted octanol–water partition coefficient (Wildman–Crippen LogP) is 1.14. The maximum atomic E-state index is 11.9. The Hall–Kier alpha value is -1.34. The summed E-state index contributed by atoms with van der Waals surface area (Å²) in [5, 5.41) is 6.92. The maximum Gasteiger partial charge on any atom is 0.243 e. The molecule has 0 aromatic heterocycles. The fourth-order valence-corrected chi connectivity index (χ4v) is 3.32. The summed E-state index contributed by atoms with van der Waals surface area (Å²) in [6, 6.07) is 0.433. The van der Waals surface area contributed by atoms with Crippen LogP contribution in [0.15, 0.2) is 4.99 Å². The van der Waals surface area contributed by atoms with E-state index in [9.17, 15) is 4.79 Å². The zero-order chi connectivity index (χ0) is 18.1. The standard InChI is InChI=1S/C18H34N4O3/c1-22(2)16(23)13-19-17(21-15-7-5-4-6-8-15)20-14-18(24-3)9-11-25-12-10-18/h15H,4-14H2,1-3H3,(H2,19,20,21). The van der Waals surface area contributed by atoms with Gasteiger partial charge in [-0.05, 0) is 12.8 Å². The molecule has 1 aliphatic heterocycles. The molecular weight excluding hydrogens is 320 g/mol. The number of ether oxygens (including phenoxy) is 2. The smallest absolute Gasteiger partial charge is 0.243 e. The van der Waals surface area contributed by atoms with E-state index in [4.69, 9.17) is 9.47 Å². The molecule has 7 heteroatoms. The van der Waals surface area contributed by atoms with Crippen LogP contribution in [0.1, 0.15) is 44.9 Å². The van der Waals surface area contributed by atoms with Crippen molar-refractivity contribution in [1.82, 2.24) is 15.5 Å². The molecule has 2 fully saturated rings. The molecule has 0 bridgehead atoms. The average Bonchev–Trinajstić information content (AvgIpc) is 2.65. The van der Waals surface area contributed by atoms with Crippen molar-refractivity contribution in [2.75, 3.05) is 47.5 Å². The van der Waals surface area contributed by atoms with E-state index in [0.717, 1.165) is 38.9 Å². The molecule has 1 saturated carbocycles. The summed E-state index contributed by atoms with van der Waals surface area (Å²) >= 11 is 0. The topological polar surface area (TPSA) is 75.2 Å². The number of aliphatic imine (C=N–C) groups is 1. The molecule has 2 rings (SSSR count). The van der Waals surface area contributed by atoms with Crippen LogP contribution >= 0.6 is 0 Å². The molecule has 0 aromatic carbocycles. The number of carbonyl (C=O) groups is 1. The first-order valence-corrected chi connectivity index (χ1v) is 9.42. The van der Waals surface area contributed by atoms with E-state index >= 15 is 0 Å². The lowest BCUT2D eigenvalue weighted by Crippen LogP contribution is -2.52. The molecule has 0 aromatic rings. The van der Waals surface area contributed by atoms with Crippen LogP contribution in [0.25, 0.3) is 0 Å². The van der Waals surface area contributed by atoms with Gasteiger partial charge in [0.1, 0.15) is 6.54 Å². The maximum absolute atomic E-state index is 11.9. The third kappa shape index (κ3) is 6.47. The van der Waals surface area contributed by atoms with Crippen molar-refractivity contribution in [3.8, 4) is 0 Å². The Kier molecular flexibility index (Phi) is 7.96. The lowest BCUT2D eigenvalue weighted by molar-refractivity contribution is -0.127. The summed E-state index contributed by atoms with van der Waals surface area (Å²) in [5.74, 6) is 0.710. The second kappa shape index (κ2) is 9.97. The number of likely N-dealkylation sites (N-methyl/N-ethyl adjacent to an activating group) is 1. The Bertz CT molecular complexity index is 442. The number of rotatable bonds is 6. The van der Waals surface area contributed by atoms with Gasteiger partial charge in [-0.3, -0.25) is 4.79 Å². The monoisotopic (exact) mass is 354 g/mol. The molecule has 0 atom stereocenters. The van der Waals surface area contributed by atoms with Crippen molar-refractivity contribution in [2.45, 2.75) is 56.6 Å². The zero-order valence-corrected chi connectivity index (χ0v) is 16.0. The molecule has 0 radical (unpaired) electrons. The van der Waals surface area contributed by atoms with E-state index < -0.39 is 0 Å². The van der Waals surface area contributed by atoms with E-state index in [1.54, 1.807) is 26.1 Å². The minimum absolute atomic E-state index is 0.00253. The minimum atomic E-state index is -0.223. The number of hydrogen-bond acceptors (Lipinski definition) is 4. The highest BCUT2D eigenvalue weighted by Crippen LogP contribution is 2.23. The summed E-state index contributed by atoms with van der Waals surface area (Å²) in [4.78, 5) is 18.0. The fraction of sp³-hybridized carbons (Fsp3) is 0.889. The van der Waals surface area contributed by atoms with Crippen LogP contribution in [0.2, 0.25) is 0 Å². The van der Waals surface area contributed by atoms with Crippen molar-refractivity contribution in [3.63, 3.8) is 0 Å². The van der Waals surface area contributed by atoms with Gasteiger partial charge in [-0.2, -0.15) is 0 Å². The molecule has 2 aliphatic rings. The van der Waals surface area contributed by atoms with Gasteiger partial charge in [0, 0.05) is 59.8 Å².